The Morgan fingerprint density at radius 2 is 1.33 bits per heavy atom. The van der Waals surface area contributed by atoms with Crippen LogP contribution in [0.3, 0.4) is 0 Å². The van der Waals surface area contributed by atoms with Gasteiger partial charge in [-0.2, -0.15) is 0 Å². The van der Waals surface area contributed by atoms with Crippen molar-refractivity contribution in [1.29, 1.82) is 0 Å². The van der Waals surface area contributed by atoms with Crippen LogP contribution in [0.2, 0.25) is 0 Å². The molecule has 0 spiro atoms. The number of hydrogen-bond donors (Lipinski definition) is 0. The molecule has 1 aliphatic carbocycles. The van der Waals surface area contributed by atoms with Gasteiger partial charge in [-0.25, -0.2) is 0 Å². The van der Waals surface area contributed by atoms with Crippen LogP contribution in [-0.2, 0) is 6.42 Å². The maximum atomic E-state index is 2.35. The van der Waals surface area contributed by atoms with Crippen LogP contribution in [0.4, 0.5) is 0 Å². The topological polar surface area (TPSA) is 0 Å². The maximum Gasteiger partial charge on any atom is -0.00326 e. The minimum atomic E-state index is 1.13. The molecular formula is C30H26. The molecule has 0 amide bonds. The van der Waals surface area contributed by atoms with E-state index < -0.39 is 0 Å². The summed E-state index contributed by atoms with van der Waals surface area (Å²) in [5, 5.41) is 2.63. The van der Waals surface area contributed by atoms with E-state index in [1.54, 1.807) is 0 Å². The van der Waals surface area contributed by atoms with Gasteiger partial charge in [0.05, 0.1) is 0 Å². The van der Waals surface area contributed by atoms with E-state index in [4.69, 9.17) is 0 Å². The van der Waals surface area contributed by atoms with E-state index in [0.29, 0.717) is 0 Å². The highest BCUT2D eigenvalue weighted by atomic mass is 14.2. The quantitative estimate of drug-likeness (QED) is 0.355. The fraction of sp³-hybridized carbons (Fsp3) is 0.133. The van der Waals surface area contributed by atoms with E-state index in [0.717, 1.165) is 6.42 Å². The first kappa shape index (κ1) is 18.6. The van der Waals surface area contributed by atoms with Crippen molar-refractivity contribution in [3.8, 4) is 11.1 Å². The predicted molar refractivity (Wildman–Crippen MR) is 128 cm³/mol. The van der Waals surface area contributed by atoms with Crippen molar-refractivity contribution >= 4 is 11.6 Å². The van der Waals surface area contributed by atoms with Crippen LogP contribution in [0.1, 0.15) is 41.2 Å². The van der Waals surface area contributed by atoms with Gasteiger partial charge in [0.2, 0.25) is 0 Å². The lowest BCUT2D eigenvalue weighted by Crippen LogP contribution is -2.28. The summed E-state index contributed by atoms with van der Waals surface area (Å²) in [5.41, 5.74) is 10.5. The summed E-state index contributed by atoms with van der Waals surface area (Å²) in [4.78, 5) is 0. The molecule has 0 saturated heterocycles. The fourth-order valence-electron chi connectivity index (χ4n) is 4.52. The summed E-state index contributed by atoms with van der Waals surface area (Å²) in [6.07, 6.45) is 4.65. The molecule has 146 valence electrons. The Hall–Kier alpha value is -3.38. The van der Waals surface area contributed by atoms with Gasteiger partial charge in [0.1, 0.15) is 0 Å². The molecule has 0 bridgehead atoms. The molecule has 30 heavy (non-hydrogen) atoms. The Balaban J connectivity index is 1.82. The average Bonchev–Trinajstić information content (AvgIpc) is 3.16. The minimum absolute atomic E-state index is 1.13. The minimum Gasteiger partial charge on any atom is -0.0651 e. The highest BCUT2D eigenvalue weighted by Gasteiger charge is 2.14. The molecule has 1 aliphatic rings. The maximum absolute atomic E-state index is 2.35. The molecule has 0 N–H and O–H groups in total. The first-order chi connectivity index (χ1) is 14.7. The van der Waals surface area contributed by atoms with Crippen molar-refractivity contribution in [1.82, 2.24) is 0 Å². The van der Waals surface area contributed by atoms with Crippen LogP contribution in [0.5, 0.6) is 0 Å². The molecule has 0 fully saturated rings. The van der Waals surface area contributed by atoms with Crippen molar-refractivity contribution in [2.75, 3.05) is 0 Å². The lowest BCUT2D eigenvalue weighted by molar-refractivity contribution is 0.922. The molecule has 0 radical (unpaired) electrons. The number of benzene rings is 4. The lowest BCUT2D eigenvalue weighted by atomic mass is 9.92. The summed E-state index contributed by atoms with van der Waals surface area (Å²) in [5.74, 6) is 0. The molecule has 0 nitrogen and oxygen atoms in total. The normalized spacial score (nSPS) is 12.7. The van der Waals surface area contributed by atoms with Crippen molar-refractivity contribution in [3.05, 3.63) is 129 Å². The van der Waals surface area contributed by atoms with Gasteiger partial charge < -0.3 is 0 Å². The van der Waals surface area contributed by atoms with E-state index in [-0.39, 0.29) is 0 Å². The van der Waals surface area contributed by atoms with Gasteiger partial charge in [0.25, 0.3) is 0 Å². The summed E-state index contributed by atoms with van der Waals surface area (Å²) in [7, 11) is 0. The number of rotatable bonds is 4. The SMILES string of the molecule is CCCc1ccc(C(c2ccc(C)cc2)=c2cccc3c2=Cc2ccccc2-3)cc1. The van der Waals surface area contributed by atoms with Crippen LogP contribution >= 0.6 is 0 Å². The Kier molecular flexibility index (Phi) is 4.85. The second kappa shape index (κ2) is 7.80. The van der Waals surface area contributed by atoms with Crippen LogP contribution < -0.4 is 10.4 Å². The van der Waals surface area contributed by atoms with Crippen molar-refractivity contribution in [2.24, 2.45) is 0 Å². The van der Waals surface area contributed by atoms with E-state index in [1.807, 2.05) is 0 Å². The van der Waals surface area contributed by atoms with Gasteiger partial charge in [-0.05, 0) is 68.8 Å². The second-order valence-corrected chi connectivity index (χ2v) is 8.19. The summed E-state index contributed by atoms with van der Waals surface area (Å²) < 4.78 is 0. The monoisotopic (exact) mass is 386 g/mol. The Bertz CT molecular complexity index is 1320. The molecule has 0 unspecified atom stereocenters. The second-order valence-electron chi connectivity index (χ2n) is 8.19. The van der Waals surface area contributed by atoms with Crippen LogP contribution in [-0.4, -0.2) is 0 Å². The largest absolute Gasteiger partial charge is 0.0651 e. The highest BCUT2D eigenvalue weighted by Crippen LogP contribution is 2.26. The van der Waals surface area contributed by atoms with Gasteiger partial charge >= 0.3 is 0 Å². The third-order valence-corrected chi connectivity index (χ3v) is 6.05. The van der Waals surface area contributed by atoms with Crippen LogP contribution in [0.25, 0.3) is 22.8 Å². The Morgan fingerprint density at radius 1 is 0.667 bits per heavy atom. The van der Waals surface area contributed by atoms with Crippen molar-refractivity contribution in [2.45, 2.75) is 26.7 Å². The molecule has 0 heterocycles. The predicted octanol–water partition coefficient (Wildman–Crippen LogP) is 6.00. The van der Waals surface area contributed by atoms with E-state index >= 15 is 0 Å². The first-order valence-electron chi connectivity index (χ1n) is 10.9. The van der Waals surface area contributed by atoms with Gasteiger partial charge in [0, 0.05) is 0 Å². The molecule has 4 aromatic carbocycles. The van der Waals surface area contributed by atoms with Gasteiger partial charge in [0.15, 0.2) is 0 Å². The lowest BCUT2D eigenvalue weighted by Gasteiger charge is -2.12. The summed E-state index contributed by atoms with van der Waals surface area (Å²) in [6.45, 7) is 4.38. The smallest absolute Gasteiger partial charge is 0.00326 e. The van der Waals surface area contributed by atoms with Crippen LogP contribution in [0.15, 0.2) is 91.0 Å². The molecule has 4 aromatic rings. The molecule has 0 saturated carbocycles. The third kappa shape index (κ3) is 3.29. The zero-order valence-corrected chi connectivity index (χ0v) is 17.7. The Morgan fingerprint density at radius 3 is 2.07 bits per heavy atom. The summed E-state index contributed by atoms with van der Waals surface area (Å²) >= 11 is 0. The zero-order chi connectivity index (χ0) is 20.5. The van der Waals surface area contributed by atoms with Gasteiger partial charge in [-0.1, -0.05) is 110 Å². The molecule has 0 aromatic heterocycles. The average molecular weight is 387 g/mol. The van der Waals surface area contributed by atoms with Crippen LogP contribution in [0, 0.1) is 6.92 Å². The van der Waals surface area contributed by atoms with Gasteiger partial charge in [-0.15, -0.1) is 0 Å². The molecule has 0 heteroatoms. The highest BCUT2D eigenvalue weighted by molar-refractivity contribution is 5.86. The number of fused-ring (bicyclic) bond motifs is 3. The summed E-state index contributed by atoms with van der Waals surface area (Å²) in [6, 6.07) is 33.5. The first-order valence-corrected chi connectivity index (χ1v) is 10.9. The number of hydrogen-bond acceptors (Lipinski definition) is 0. The molecular weight excluding hydrogens is 360 g/mol. The van der Waals surface area contributed by atoms with E-state index in [1.165, 1.54) is 61.4 Å². The fourth-order valence-corrected chi connectivity index (χ4v) is 4.52. The molecule has 0 atom stereocenters. The van der Waals surface area contributed by atoms with E-state index in [9.17, 15) is 0 Å². The standard InChI is InChI=1S/C30H26/c1-3-7-22-14-18-24(19-15-22)30(23-16-12-21(2)13-17-23)28-11-6-10-27-26-9-5-4-8-25(26)20-29(27)28/h4-6,8-20H,3,7H2,1-2H3. The molecule has 5 rings (SSSR count). The number of aryl methyl sites for hydroxylation is 2. The third-order valence-electron chi connectivity index (χ3n) is 6.05. The van der Waals surface area contributed by atoms with Gasteiger partial charge in [-0.3, -0.25) is 0 Å². The molecule has 0 aliphatic heterocycles. The Labute approximate surface area is 178 Å². The van der Waals surface area contributed by atoms with Crippen molar-refractivity contribution in [3.63, 3.8) is 0 Å². The van der Waals surface area contributed by atoms with E-state index in [2.05, 4.69) is 111 Å². The van der Waals surface area contributed by atoms with Crippen molar-refractivity contribution < 1.29 is 0 Å². The zero-order valence-electron chi connectivity index (χ0n) is 17.7.